The number of carbonyl (C=O) groups excluding carboxylic acids is 1. The summed E-state index contributed by atoms with van der Waals surface area (Å²) in [4.78, 5) is 12.9. The Morgan fingerprint density at radius 2 is 1.94 bits per heavy atom. The van der Waals surface area contributed by atoms with E-state index in [1.165, 1.54) is 12.1 Å². The first kappa shape index (κ1) is 23.0. The molecule has 33 heavy (non-hydrogen) atoms. The maximum absolute atomic E-state index is 13.1. The van der Waals surface area contributed by atoms with Gasteiger partial charge in [-0.25, -0.2) is 8.42 Å². The molecule has 2 heterocycles. The van der Waals surface area contributed by atoms with E-state index in [0.29, 0.717) is 23.5 Å². The number of rotatable bonds is 6. The average molecular weight is 469 g/mol. The molecule has 1 aromatic heterocycles. The zero-order valence-electron chi connectivity index (χ0n) is 18.7. The van der Waals surface area contributed by atoms with Crippen molar-refractivity contribution in [2.24, 2.45) is 0 Å². The molecule has 9 heteroatoms. The molecule has 1 saturated heterocycles. The first-order valence-corrected chi connectivity index (χ1v) is 12.5. The van der Waals surface area contributed by atoms with E-state index in [0.717, 1.165) is 31.2 Å². The Balaban J connectivity index is 1.47. The highest BCUT2D eigenvalue weighted by Crippen LogP contribution is 2.30. The number of aromatic amines is 1. The number of aromatic nitrogens is 2. The first-order chi connectivity index (χ1) is 15.8. The SMILES string of the molecule is CC[C@@H]1CCCCN1S(=O)(=O)c1ccc(NC(=O)c2cc(-c3ccc(C)cc3O)n[nH]2)cc1. The smallest absolute Gasteiger partial charge is 0.273 e. The maximum atomic E-state index is 13.1. The monoisotopic (exact) mass is 468 g/mol. The van der Waals surface area contributed by atoms with Crippen molar-refractivity contribution in [3.05, 3.63) is 59.8 Å². The molecule has 0 aliphatic carbocycles. The zero-order chi connectivity index (χ0) is 23.6. The van der Waals surface area contributed by atoms with Crippen LogP contribution in [-0.2, 0) is 10.0 Å². The summed E-state index contributed by atoms with van der Waals surface area (Å²) in [7, 11) is -3.57. The highest BCUT2D eigenvalue weighted by molar-refractivity contribution is 7.89. The van der Waals surface area contributed by atoms with Gasteiger partial charge in [0.1, 0.15) is 11.4 Å². The summed E-state index contributed by atoms with van der Waals surface area (Å²) in [6.07, 6.45) is 3.60. The van der Waals surface area contributed by atoms with Crippen LogP contribution < -0.4 is 5.32 Å². The predicted octanol–water partition coefficient (Wildman–Crippen LogP) is 4.30. The number of aromatic hydroxyl groups is 1. The molecule has 1 atom stereocenters. The van der Waals surface area contributed by atoms with Gasteiger partial charge in [-0.2, -0.15) is 9.40 Å². The standard InChI is InChI=1S/C24H28N4O4S/c1-3-18-6-4-5-13-28(18)33(31,32)19-10-8-17(9-11-19)25-24(30)22-15-21(26-27-22)20-12-7-16(2)14-23(20)29/h7-12,14-15,18,29H,3-6,13H2,1-2H3,(H,25,30)(H,26,27)/t18-/m1/s1. The number of sulfonamides is 1. The van der Waals surface area contributed by atoms with Crippen LogP contribution in [0, 0.1) is 6.92 Å². The number of H-pyrrole nitrogens is 1. The number of amides is 1. The van der Waals surface area contributed by atoms with Gasteiger partial charge in [0.2, 0.25) is 10.0 Å². The second-order valence-corrected chi connectivity index (χ2v) is 10.2. The van der Waals surface area contributed by atoms with Crippen molar-refractivity contribution in [3.8, 4) is 17.0 Å². The summed E-state index contributed by atoms with van der Waals surface area (Å²) in [5, 5.41) is 19.7. The molecular weight excluding hydrogens is 440 g/mol. The van der Waals surface area contributed by atoms with E-state index < -0.39 is 15.9 Å². The second-order valence-electron chi connectivity index (χ2n) is 8.34. The summed E-state index contributed by atoms with van der Waals surface area (Å²) < 4.78 is 27.8. The fraction of sp³-hybridized carbons (Fsp3) is 0.333. The Morgan fingerprint density at radius 1 is 1.18 bits per heavy atom. The molecule has 8 nitrogen and oxygen atoms in total. The average Bonchev–Trinajstić information content (AvgIpc) is 3.29. The van der Waals surface area contributed by atoms with Crippen molar-refractivity contribution >= 4 is 21.6 Å². The third kappa shape index (κ3) is 4.79. The highest BCUT2D eigenvalue weighted by atomic mass is 32.2. The van der Waals surface area contributed by atoms with Gasteiger partial charge < -0.3 is 10.4 Å². The molecule has 3 N–H and O–H groups in total. The number of nitrogens with zero attached hydrogens (tertiary/aromatic N) is 2. The lowest BCUT2D eigenvalue weighted by atomic mass is 10.0. The van der Waals surface area contributed by atoms with Crippen LogP contribution in [0.1, 0.15) is 48.7 Å². The van der Waals surface area contributed by atoms with E-state index in [9.17, 15) is 18.3 Å². The van der Waals surface area contributed by atoms with Crippen LogP contribution in [-0.4, -0.2) is 46.5 Å². The maximum Gasteiger partial charge on any atom is 0.273 e. The number of benzene rings is 2. The Labute approximate surface area is 193 Å². The van der Waals surface area contributed by atoms with E-state index in [4.69, 9.17) is 0 Å². The molecule has 0 radical (unpaired) electrons. The molecule has 174 valence electrons. The molecule has 4 rings (SSSR count). The first-order valence-electron chi connectivity index (χ1n) is 11.1. The number of hydrogen-bond donors (Lipinski definition) is 3. The van der Waals surface area contributed by atoms with E-state index in [2.05, 4.69) is 15.5 Å². The normalized spacial score (nSPS) is 17.1. The minimum absolute atomic E-state index is 0.0330. The summed E-state index contributed by atoms with van der Waals surface area (Å²) in [5.41, 5.74) is 2.58. The predicted molar refractivity (Wildman–Crippen MR) is 127 cm³/mol. The number of aryl methyl sites for hydroxylation is 1. The zero-order valence-corrected chi connectivity index (χ0v) is 19.5. The van der Waals surface area contributed by atoms with Crippen molar-refractivity contribution in [2.45, 2.75) is 50.5 Å². The lowest BCUT2D eigenvalue weighted by molar-refractivity contribution is 0.102. The van der Waals surface area contributed by atoms with E-state index in [-0.39, 0.29) is 22.4 Å². The fourth-order valence-electron chi connectivity index (χ4n) is 4.18. The Bertz CT molecular complexity index is 1250. The quantitative estimate of drug-likeness (QED) is 0.499. The van der Waals surface area contributed by atoms with Crippen LogP contribution in [0.2, 0.25) is 0 Å². The van der Waals surface area contributed by atoms with Gasteiger partial charge in [0, 0.05) is 23.8 Å². The topological polar surface area (TPSA) is 115 Å². The van der Waals surface area contributed by atoms with Crippen molar-refractivity contribution < 1.29 is 18.3 Å². The minimum atomic E-state index is -3.57. The van der Waals surface area contributed by atoms with Gasteiger partial charge in [0.25, 0.3) is 5.91 Å². The van der Waals surface area contributed by atoms with Gasteiger partial charge >= 0.3 is 0 Å². The fourth-order valence-corrected chi connectivity index (χ4v) is 5.94. The second kappa shape index (κ2) is 9.36. The van der Waals surface area contributed by atoms with Gasteiger partial charge in [-0.15, -0.1) is 0 Å². The number of carbonyl (C=O) groups is 1. The third-order valence-electron chi connectivity index (χ3n) is 6.01. The minimum Gasteiger partial charge on any atom is -0.507 e. The van der Waals surface area contributed by atoms with Gasteiger partial charge in [0.15, 0.2) is 0 Å². The molecule has 0 bridgehead atoms. The lowest BCUT2D eigenvalue weighted by Crippen LogP contribution is -2.43. The number of nitrogens with one attached hydrogen (secondary N) is 2. The van der Waals surface area contributed by atoms with Crippen molar-refractivity contribution in [3.63, 3.8) is 0 Å². The molecule has 0 spiro atoms. The molecule has 0 unspecified atom stereocenters. The molecular formula is C24H28N4O4S. The van der Waals surface area contributed by atoms with Gasteiger partial charge in [-0.1, -0.05) is 19.4 Å². The summed E-state index contributed by atoms with van der Waals surface area (Å²) in [6, 6.07) is 13.0. The van der Waals surface area contributed by atoms with Crippen LogP contribution in [0.3, 0.4) is 0 Å². The number of anilines is 1. The van der Waals surface area contributed by atoms with Crippen molar-refractivity contribution in [1.82, 2.24) is 14.5 Å². The molecule has 3 aromatic rings. The molecule has 0 saturated carbocycles. The molecule has 1 aliphatic heterocycles. The van der Waals surface area contributed by atoms with E-state index >= 15 is 0 Å². The van der Waals surface area contributed by atoms with Gasteiger partial charge in [-0.05, 0) is 74.2 Å². The van der Waals surface area contributed by atoms with Crippen molar-refractivity contribution in [1.29, 1.82) is 0 Å². The lowest BCUT2D eigenvalue weighted by Gasteiger charge is -2.34. The summed E-state index contributed by atoms with van der Waals surface area (Å²) in [5.74, 6) is -0.331. The molecule has 1 amide bonds. The van der Waals surface area contributed by atoms with Crippen LogP contribution in [0.25, 0.3) is 11.3 Å². The van der Waals surface area contributed by atoms with Gasteiger partial charge in [0.05, 0.1) is 10.6 Å². The van der Waals surface area contributed by atoms with E-state index in [1.807, 2.05) is 19.9 Å². The number of hydrogen-bond acceptors (Lipinski definition) is 5. The van der Waals surface area contributed by atoms with Crippen LogP contribution >= 0.6 is 0 Å². The molecule has 1 fully saturated rings. The van der Waals surface area contributed by atoms with Crippen LogP contribution in [0.15, 0.2) is 53.4 Å². The van der Waals surface area contributed by atoms with Crippen LogP contribution in [0.5, 0.6) is 5.75 Å². The number of piperidine rings is 1. The summed E-state index contributed by atoms with van der Waals surface area (Å²) >= 11 is 0. The number of phenolic OH excluding ortho intramolecular Hbond substituents is 1. The van der Waals surface area contributed by atoms with Crippen LogP contribution in [0.4, 0.5) is 5.69 Å². The van der Waals surface area contributed by atoms with Gasteiger partial charge in [-0.3, -0.25) is 9.89 Å². The summed E-state index contributed by atoms with van der Waals surface area (Å²) in [6.45, 7) is 4.42. The van der Waals surface area contributed by atoms with Crippen molar-refractivity contribution in [2.75, 3.05) is 11.9 Å². The third-order valence-corrected chi connectivity index (χ3v) is 7.98. The molecule has 2 aromatic carbocycles. The Morgan fingerprint density at radius 3 is 2.64 bits per heavy atom. The Hall–Kier alpha value is -3.17. The van der Waals surface area contributed by atoms with E-state index in [1.54, 1.807) is 34.6 Å². The largest absolute Gasteiger partial charge is 0.507 e. The highest BCUT2D eigenvalue weighted by Gasteiger charge is 2.32. The number of phenols is 1. The Kier molecular flexibility index (Phi) is 6.53. The molecule has 1 aliphatic rings.